The molecule has 1 unspecified atom stereocenters. The lowest BCUT2D eigenvalue weighted by Gasteiger charge is -2.29. The third-order valence-corrected chi connectivity index (χ3v) is 5.99. The van der Waals surface area contributed by atoms with Gasteiger partial charge in [-0.1, -0.05) is 66.8 Å². The minimum atomic E-state index is 0.294. The first kappa shape index (κ1) is 23.4. The quantitative estimate of drug-likeness (QED) is 0.340. The number of hydrogen-bond acceptors (Lipinski definition) is 2. The number of benzene rings is 2. The molecule has 0 N–H and O–H groups in total. The number of ether oxygens (including phenoxy) is 1. The zero-order valence-electron chi connectivity index (χ0n) is 18.8. The molecule has 2 aromatic rings. The van der Waals surface area contributed by atoms with Crippen molar-refractivity contribution < 1.29 is 4.74 Å². The van der Waals surface area contributed by atoms with Crippen LogP contribution >= 0.6 is 11.6 Å². The summed E-state index contributed by atoms with van der Waals surface area (Å²) in [6.07, 6.45) is 12.5. The predicted molar refractivity (Wildman–Crippen MR) is 134 cm³/mol. The van der Waals surface area contributed by atoms with Crippen molar-refractivity contribution in [3.8, 4) is 5.75 Å². The lowest BCUT2D eigenvalue weighted by Crippen LogP contribution is -2.29. The van der Waals surface area contributed by atoms with Crippen molar-refractivity contribution in [1.82, 2.24) is 4.90 Å². The van der Waals surface area contributed by atoms with E-state index < -0.39 is 0 Å². The molecule has 0 spiro atoms. The highest BCUT2D eigenvalue weighted by Crippen LogP contribution is 2.29. The standard InChI is InChI=1S/C28H34ClNO/c1-3-31-27-17-15-24(16-18-27)23(2)30(21-10-20-29)22-19-28(25-11-6-4-7-12-25)26-13-8-5-9-14-26/h4,6-8,11-19,23H,3,5,9-10,20-22H2,1-2H3/b28-19+. The van der Waals surface area contributed by atoms with Gasteiger partial charge in [-0.2, -0.15) is 0 Å². The summed E-state index contributed by atoms with van der Waals surface area (Å²) >= 11 is 6.06. The number of allylic oxidation sites excluding steroid dienone is 5. The maximum Gasteiger partial charge on any atom is 0.119 e. The average Bonchev–Trinajstić information content (AvgIpc) is 2.83. The Labute approximate surface area is 192 Å². The lowest BCUT2D eigenvalue weighted by atomic mass is 9.93. The second kappa shape index (κ2) is 12.5. The molecule has 164 valence electrons. The summed E-state index contributed by atoms with van der Waals surface area (Å²) < 4.78 is 5.61. The van der Waals surface area contributed by atoms with E-state index >= 15 is 0 Å². The number of alkyl halides is 1. The molecule has 0 amide bonds. The van der Waals surface area contributed by atoms with Gasteiger partial charge >= 0.3 is 0 Å². The van der Waals surface area contributed by atoms with Crippen LogP contribution in [0.4, 0.5) is 0 Å². The molecule has 0 saturated heterocycles. The molecule has 0 aliphatic heterocycles. The highest BCUT2D eigenvalue weighted by atomic mass is 35.5. The van der Waals surface area contributed by atoms with Crippen molar-refractivity contribution in [2.24, 2.45) is 0 Å². The van der Waals surface area contributed by atoms with Gasteiger partial charge in [0.25, 0.3) is 0 Å². The van der Waals surface area contributed by atoms with Crippen LogP contribution in [0.5, 0.6) is 5.75 Å². The molecule has 2 aromatic carbocycles. The Morgan fingerprint density at radius 3 is 2.52 bits per heavy atom. The first-order chi connectivity index (χ1) is 15.2. The van der Waals surface area contributed by atoms with Crippen LogP contribution in [0, 0.1) is 0 Å². The van der Waals surface area contributed by atoms with E-state index in [-0.39, 0.29) is 0 Å². The molecule has 3 heteroatoms. The molecule has 1 aliphatic carbocycles. The first-order valence-electron chi connectivity index (χ1n) is 11.4. The van der Waals surface area contributed by atoms with Crippen LogP contribution in [0.1, 0.15) is 50.3 Å². The Balaban J connectivity index is 1.84. The van der Waals surface area contributed by atoms with E-state index in [1.165, 1.54) is 22.3 Å². The molecule has 31 heavy (non-hydrogen) atoms. The Bertz CT molecular complexity index is 883. The highest BCUT2D eigenvalue weighted by molar-refractivity contribution is 6.17. The fourth-order valence-electron chi connectivity index (χ4n) is 3.97. The first-order valence-corrected chi connectivity index (χ1v) is 11.9. The topological polar surface area (TPSA) is 12.5 Å². The highest BCUT2D eigenvalue weighted by Gasteiger charge is 2.16. The fraction of sp³-hybridized carbons (Fsp3) is 0.357. The van der Waals surface area contributed by atoms with Crippen molar-refractivity contribution in [3.63, 3.8) is 0 Å². The predicted octanol–water partition coefficient (Wildman–Crippen LogP) is 7.44. The number of rotatable bonds is 11. The summed E-state index contributed by atoms with van der Waals surface area (Å²) in [4.78, 5) is 2.51. The summed E-state index contributed by atoms with van der Waals surface area (Å²) in [5, 5.41) is 0. The molecule has 0 heterocycles. The molecule has 3 rings (SSSR count). The molecule has 1 atom stereocenters. The van der Waals surface area contributed by atoms with Gasteiger partial charge in [0.15, 0.2) is 0 Å². The van der Waals surface area contributed by atoms with E-state index in [2.05, 4.69) is 90.7 Å². The second-order valence-corrected chi connectivity index (χ2v) is 8.22. The molecule has 0 fully saturated rings. The van der Waals surface area contributed by atoms with Gasteiger partial charge in [-0.3, -0.25) is 4.90 Å². The summed E-state index contributed by atoms with van der Waals surface area (Å²) in [5.74, 6) is 1.60. The summed E-state index contributed by atoms with van der Waals surface area (Å²) in [5.41, 5.74) is 5.20. The van der Waals surface area contributed by atoms with Crippen LogP contribution < -0.4 is 4.74 Å². The molecule has 0 aromatic heterocycles. The number of halogens is 1. The summed E-state index contributed by atoms with van der Waals surface area (Å²) in [6.45, 7) is 6.82. The average molecular weight is 436 g/mol. The normalized spacial score (nSPS) is 15.1. The largest absolute Gasteiger partial charge is 0.494 e. The third-order valence-electron chi connectivity index (χ3n) is 5.72. The van der Waals surface area contributed by atoms with Gasteiger partial charge in [0.2, 0.25) is 0 Å². The van der Waals surface area contributed by atoms with Gasteiger partial charge in [0, 0.05) is 25.0 Å². The minimum Gasteiger partial charge on any atom is -0.494 e. The molecular weight excluding hydrogens is 402 g/mol. The molecule has 0 bridgehead atoms. The maximum absolute atomic E-state index is 6.06. The summed E-state index contributed by atoms with van der Waals surface area (Å²) in [7, 11) is 0. The Morgan fingerprint density at radius 1 is 1.10 bits per heavy atom. The molecule has 1 aliphatic rings. The van der Waals surface area contributed by atoms with E-state index in [9.17, 15) is 0 Å². The van der Waals surface area contributed by atoms with E-state index in [0.717, 1.165) is 38.1 Å². The van der Waals surface area contributed by atoms with Crippen LogP contribution in [0.15, 0.2) is 84.5 Å². The minimum absolute atomic E-state index is 0.294. The Kier molecular flexibility index (Phi) is 9.45. The van der Waals surface area contributed by atoms with E-state index in [1.807, 2.05) is 6.92 Å². The zero-order valence-corrected chi connectivity index (χ0v) is 19.5. The SMILES string of the molecule is CCOc1ccc(C(C)N(C/C=C(/C2=CCCC=C2)c2ccccc2)CCCCl)cc1. The van der Waals surface area contributed by atoms with E-state index in [0.29, 0.717) is 18.5 Å². The second-order valence-electron chi connectivity index (χ2n) is 7.84. The van der Waals surface area contributed by atoms with Crippen LogP contribution in [0.2, 0.25) is 0 Å². The maximum atomic E-state index is 6.06. The Hall–Kier alpha value is -2.29. The zero-order chi connectivity index (χ0) is 21.9. The van der Waals surface area contributed by atoms with Gasteiger partial charge in [-0.05, 0) is 67.5 Å². The lowest BCUT2D eigenvalue weighted by molar-refractivity contribution is 0.235. The molecule has 0 radical (unpaired) electrons. The molecule has 2 nitrogen and oxygen atoms in total. The van der Waals surface area contributed by atoms with E-state index in [1.54, 1.807) is 0 Å². The number of nitrogens with zero attached hydrogens (tertiary/aromatic N) is 1. The van der Waals surface area contributed by atoms with Gasteiger partial charge in [-0.25, -0.2) is 0 Å². The van der Waals surface area contributed by atoms with Crippen molar-refractivity contribution >= 4 is 17.2 Å². The van der Waals surface area contributed by atoms with Crippen LogP contribution in [-0.2, 0) is 0 Å². The van der Waals surface area contributed by atoms with Crippen LogP contribution in [0.25, 0.3) is 5.57 Å². The Morgan fingerprint density at radius 2 is 1.87 bits per heavy atom. The van der Waals surface area contributed by atoms with E-state index in [4.69, 9.17) is 16.3 Å². The van der Waals surface area contributed by atoms with Crippen LogP contribution in [-0.4, -0.2) is 30.5 Å². The van der Waals surface area contributed by atoms with Crippen molar-refractivity contribution in [3.05, 3.63) is 95.6 Å². The van der Waals surface area contributed by atoms with Gasteiger partial charge in [0.05, 0.1) is 6.61 Å². The van der Waals surface area contributed by atoms with Gasteiger partial charge in [-0.15, -0.1) is 11.6 Å². The molecule has 0 saturated carbocycles. The monoisotopic (exact) mass is 435 g/mol. The number of hydrogen-bond donors (Lipinski definition) is 0. The third kappa shape index (κ3) is 6.85. The van der Waals surface area contributed by atoms with Crippen LogP contribution in [0.3, 0.4) is 0 Å². The van der Waals surface area contributed by atoms with Crippen molar-refractivity contribution in [1.29, 1.82) is 0 Å². The molecular formula is C28H34ClNO. The fourth-order valence-corrected chi connectivity index (χ4v) is 4.09. The summed E-state index contributed by atoms with van der Waals surface area (Å²) in [6, 6.07) is 19.5. The van der Waals surface area contributed by atoms with Gasteiger partial charge in [0.1, 0.15) is 5.75 Å². The van der Waals surface area contributed by atoms with Crippen molar-refractivity contribution in [2.75, 3.05) is 25.6 Å². The smallest absolute Gasteiger partial charge is 0.119 e. The van der Waals surface area contributed by atoms with Gasteiger partial charge < -0.3 is 4.74 Å². The van der Waals surface area contributed by atoms with Crippen molar-refractivity contribution in [2.45, 2.75) is 39.2 Å².